The number of nitrogens with one attached hydrogen (secondary N) is 2. The zero-order valence-electron chi connectivity index (χ0n) is 10.2. The summed E-state index contributed by atoms with van der Waals surface area (Å²) in [5.74, 6) is 0.541. The number of carbonyl (C=O) groups excluding carboxylic acids is 1. The Balaban J connectivity index is 0.00000162. The number of amides is 1. The van der Waals surface area contributed by atoms with Crippen LogP contribution in [0.2, 0.25) is 0 Å². The molecule has 0 radical (unpaired) electrons. The minimum absolute atomic E-state index is 0. The first-order chi connectivity index (χ1) is 8.34. The van der Waals surface area contributed by atoms with Crippen molar-refractivity contribution in [1.82, 2.24) is 10.6 Å². The monoisotopic (exact) mass is 270 g/mol. The van der Waals surface area contributed by atoms with Gasteiger partial charge in [0.2, 0.25) is 0 Å². The molecule has 5 heteroatoms. The number of alkyl carbamates (subject to hydrolysis) is 1. The molecule has 100 valence electrons. The summed E-state index contributed by atoms with van der Waals surface area (Å²) in [4.78, 5) is 11.4. The molecule has 18 heavy (non-hydrogen) atoms. The van der Waals surface area contributed by atoms with Gasteiger partial charge in [-0.25, -0.2) is 4.79 Å². The Hall–Kier alpha value is -1.26. The summed E-state index contributed by atoms with van der Waals surface area (Å²) in [5, 5.41) is 6.06. The molecule has 2 N–H and O–H groups in total. The van der Waals surface area contributed by atoms with Crippen molar-refractivity contribution in [3.05, 3.63) is 35.9 Å². The van der Waals surface area contributed by atoms with Crippen LogP contribution in [0.4, 0.5) is 4.79 Å². The zero-order chi connectivity index (χ0) is 11.9. The predicted molar refractivity (Wildman–Crippen MR) is 72.9 cm³/mol. The summed E-state index contributed by atoms with van der Waals surface area (Å²) < 4.78 is 5.12. The molecule has 0 spiro atoms. The molecule has 1 atom stereocenters. The molecule has 0 unspecified atom stereocenters. The van der Waals surface area contributed by atoms with E-state index < -0.39 is 0 Å². The van der Waals surface area contributed by atoms with Crippen LogP contribution in [0.5, 0.6) is 0 Å². The maximum absolute atomic E-state index is 11.4. The van der Waals surface area contributed by atoms with Crippen molar-refractivity contribution in [1.29, 1.82) is 0 Å². The molecule has 0 saturated carbocycles. The van der Waals surface area contributed by atoms with Crippen LogP contribution in [0.15, 0.2) is 30.3 Å². The molecule has 1 aliphatic rings. The Morgan fingerprint density at radius 3 is 2.83 bits per heavy atom. The van der Waals surface area contributed by atoms with Gasteiger partial charge in [0.25, 0.3) is 0 Å². The van der Waals surface area contributed by atoms with Crippen LogP contribution in [0, 0.1) is 5.92 Å². The molecule has 4 nitrogen and oxygen atoms in total. The van der Waals surface area contributed by atoms with E-state index in [9.17, 15) is 4.79 Å². The third kappa shape index (κ3) is 4.94. The molecule has 0 aliphatic carbocycles. The van der Waals surface area contributed by atoms with Gasteiger partial charge < -0.3 is 15.4 Å². The Bertz CT molecular complexity index is 353. The van der Waals surface area contributed by atoms with Gasteiger partial charge in [0.05, 0.1) is 0 Å². The van der Waals surface area contributed by atoms with Crippen molar-refractivity contribution in [3.63, 3.8) is 0 Å². The number of ether oxygens (including phenoxy) is 1. The standard InChI is InChI=1S/C13H18N2O2.ClH/c16-13(15-9-12-6-7-14-8-12)17-10-11-4-2-1-3-5-11;/h1-5,12,14H,6-10H2,(H,15,16);1H/t12-;/m0./s1. The van der Waals surface area contributed by atoms with E-state index in [-0.39, 0.29) is 18.5 Å². The lowest BCUT2D eigenvalue weighted by Gasteiger charge is -2.10. The maximum Gasteiger partial charge on any atom is 0.407 e. The summed E-state index contributed by atoms with van der Waals surface area (Å²) in [7, 11) is 0. The largest absolute Gasteiger partial charge is 0.445 e. The van der Waals surface area contributed by atoms with E-state index in [1.165, 1.54) is 0 Å². The van der Waals surface area contributed by atoms with Gasteiger partial charge in [-0.2, -0.15) is 0 Å². The highest BCUT2D eigenvalue weighted by Crippen LogP contribution is 2.05. The lowest BCUT2D eigenvalue weighted by Crippen LogP contribution is -2.30. The minimum Gasteiger partial charge on any atom is -0.445 e. The van der Waals surface area contributed by atoms with Crippen molar-refractivity contribution in [2.24, 2.45) is 5.92 Å². The molecule has 1 amide bonds. The number of halogens is 1. The summed E-state index contributed by atoms with van der Waals surface area (Å²) in [6, 6.07) is 9.68. The maximum atomic E-state index is 11.4. The molecule has 1 heterocycles. The highest BCUT2D eigenvalue weighted by molar-refractivity contribution is 5.85. The van der Waals surface area contributed by atoms with Gasteiger partial charge in [0, 0.05) is 6.54 Å². The smallest absolute Gasteiger partial charge is 0.407 e. The Morgan fingerprint density at radius 1 is 1.39 bits per heavy atom. The van der Waals surface area contributed by atoms with Gasteiger partial charge in [0.1, 0.15) is 6.61 Å². The quantitative estimate of drug-likeness (QED) is 0.879. The SMILES string of the molecule is Cl.O=C(NC[C@H]1CCNC1)OCc1ccccc1. The van der Waals surface area contributed by atoms with E-state index in [0.717, 1.165) is 25.1 Å². The number of carbonyl (C=O) groups is 1. The summed E-state index contributed by atoms with van der Waals surface area (Å²) in [5.41, 5.74) is 1.00. The fourth-order valence-electron chi connectivity index (χ4n) is 1.89. The average Bonchev–Trinajstić information content (AvgIpc) is 2.88. The highest BCUT2D eigenvalue weighted by Gasteiger charge is 2.15. The molecule has 1 fully saturated rings. The van der Waals surface area contributed by atoms with Crippen LogP contribution in [-0.4, -0.2) is 25.7 Å². The summed E-state index contributed by atoms with van der Waals surface area (Å²) in [6.45, 7) is 3.06. The number of hydrogen-bond donors (Lipinski definition) is 2. The second kappa shape index (κ2) is 7.95. The molecule has 1 aromatic rings. The molecule has 0 aromatic heterocycles. The first-order valence-corrected chi connectivity index (χ1v) is 6.00. The van der Waals surface area contributed by atoms with E-state index in [0.29, 0.717) is 19.1 Å². The van der Waals surface area contributed by atoms with Crippen molar-refractivity contribution >= 4 is 18.5 Å². The molecule has 1 saturated heterocycles. The zero-order valence-corrected chi connectivity index (χ0v) is 11.0. The van der Waals surface area contributed by atoms with E-state index >= 15 is 0 Å². The van der Waals surface area contributed by atoms with Gasteiger partial charge in [0.15, 0.2) is 0 Å². The lowest BCUT2D eigenvalue weighted by molar-refractivity contribution is 0.138. The van der Waals surface area contributed by atoms with Crippen LogP contribution in [-0.2, 0) is 11.3 Å². The molecule has 1 aliphatic heterocycles. The van der Waals surface area contributed by atoms with E-state index in [1.807, 2.05) is 30.3 Å². The summed E-state index contributed by atoms with van der Waals surface area (Å²) >= 11 is 0. The van der Waals surface area contributed by atoms with Gasteiger partial charge in [-0.1, -0.05) is 30.3 Å². The highest BCUT2D eigenvalue weighted by atomic mass is 35.5. The van der Waals surface area contributed by atoms with E-state index in [1.54, 1.807) is 0 Å². The van der Waals surface area contributed by atoms with Gasteiger partial charge >= 0.3 is 6.09 Å². The molecule has 2 rings (SSSR count). The summed E-state index contributed by atoms with van der Waals surface area (Å²) in [6.07, 6.45) is 0.791. The normalized spacial score (nSPS) is 17.9. The third-order valence-corrected chi connectivity index (χ3v) is 2.91. The number of benzene rings is 1. The van der Waals surface area contributed by atoms with Crippen molar-refractivity contribution in [2.45, 2.75) is 13.0 Å². The van der Waals surface area contributed by atoms with E-state index in [2.05, 4.69) is 10.6 Å². The van der Waals surface area contributed by atoms with Crippen LogP contribution < -0.4 is 10.6 Å². The van der Waals surface area contributed by atoms with Gasteiger partial charge in [-0.3, -0.25) is 0 Å². The van der Waals surface area contributed by atoms with Gasteiger partial charge in [-0.15, -0.1) is 12.4 Å². The van der Waals surface area contributed by atoms with Crippen LogP contribution in [0.1, 0.15) is 12.0 Å². The topological polar surface area (TPSA) is 50.4 Å². The second-order valence-electron chi connectivity index (χ2n) is 4.30. The first-order valence-electron chi connectivity index (χ1n) is 6.00. The molecule has 1 aromatic carbocycles. The predicted octanol–water partition coefficient (Wildman–Crippen LogP) is 1.94. The minimum atomic E-state index is -0.333. The van der Waals surface area contributed by atoms with Crippen LogP contribution in [0.25, 0.3) is 0 Å². The number of rotatable bonds is 4. The van der Waals surface area contributed by atoms with Crippen LogP contribution in [0.3, 0.4) is 0 Å². The Kier molecular flexibility index (Phi) is 6.54. The fourth-order valence-corrected chi connectivity index (χ4v) is 1.89. The first kappa shape index (κ1) is 14.8. The van der Waals surface area contributed by atoms with Crippen molar-refractivity contribution in [2.75, 3.05) is 19.6 Å². The third-order valence-electron chi connectivity index (χ3n) is 2.91. The molecule has 0 bridgehead atoms. The average molecular weight is 271 g/mol. The second-order valence-corrected chi connectivity index (χ2v) is 4.30. The number of hydrogen-bond acceptors (Lipinski definition) is 3. The van der Waals surface area contributed by atoms with Gasteiger partial charge in [-0.05, 0) is 31.0 Å². The Morgan fingerprint density at radius 2 is 2.17 bits per heavy atom. The lowest BCUT2D eigenvalue weighted by atomic mass is 10.1. The molecular weight excluding hydrogens is 252 g/mol. The Labute approximate surface area is 114 Å². The molecular formula is C13H19ClN2O2. The van der Waals surface area contributed by atoms with Crippen LogP contribution >= 0.6 is 12.4 Å². The van der Waals surface area contributed by atoms with E-state index in [4.69, 9.17) is 4.74 Å². The van der Waals surface area contributed by atoms with Crippen molar-refractivity contribution in [3.8, 4) is 0 Å². The fraction of sp³-hybridized carbons (Fsp3) is 0.462. The van der Waals surface area contributed by atoms with Crippen molar-refractivity contribution < 1.29 is 9.53 Å².